The first-order valence-corrected chi connectivity index (χ1v) is 7.77. The average Bonchev–Trinajstić information content (AvgIpc) is 2.46. The average molecular weight is 277 g/mol. The van der Waals surface area contributed by atoms with Gasteiger partial charge in [-0.05, 0) is 31.9 Å². The first-order chi connectivity index (χ1) is 9.72. The zero-order valence-electron chi connectivity index (χ0n) is 12.9. The lowest BCUT2D eigenvalue weighted by atomic mass is 10.1. The maximum Gasteiger partial charge on any atom is 0.0674 e. The van der Waals surface area contributed by atoms with Crippen LogP contribution in [0.15, 0.2) is 18.3 Å². The number of pyridine rings is 1. The third-order valence-electron chi connectivity index (χ3n) is 3.81. The van der Waals surface area contributed by atoms with Gasteiger partial charge in [0.1, 0.15) is 0 Å². The molecule has 20 heavy (non-hydrogen) atoms. The summed E-state index contributed by atoms with van der Waals surface area (Å²) in [7, 11) is 0. The van der Waals surface area contributed by atoms with Crippen LogP contribution >= 0.6 is 0 Å². The van der Waals surface area contributed by atoms with Crippen LogP contribution in [0.4, 0.5) is 5.69 Å². The van der Waals surface area contributed by atoms with Gasteiger partial charge in [0.05, 0.1) is 18.4 Å². The molecule has 1 aromatic heterocycles. The van der Waals surface area contributed by atoms with Crippen molar-refractivity contribution in [2.75, 3.05) is 25.0 Å². The molecule has 1 aliphatic heterocycles. The van der Waals surface area contributed by atoms with Gasteiger partial charge in [-0.3, -0.25) is 9.88 Å². The molecule has 0 amide bonds. The lowest BCUT2D eigenvalue weighted by Crippen LogP contribution is -2.48. The molecule has 1 N–H and O–H groups in total. The standard InChI is InChI=1S/C16H27N3O/c1-4-7-17-14-6-8-18-15(9-14)11-19-10-13(3)20-12-16(19)5-2/h6,8-9,13,16H,4-5,7,10-12H2,1-3H3,(H,17,18). The maximum atomic E-state index is 5.75. The second-order valence-corrected chi connectivity index (χ2v) is 5.60. The summed E-state index contributed by atoms with van der Waals surface area (Å²) in [6.45, 7) is 10.3. The molecular weight excluding hydrogens is 250 g/mol. The molecule has 0 radical (unpaired) electrons. The Bertz CT molecular complexity index is 410. The predicted molar refractivity (Wildman–Crippen MR) is 82.9 cm³/mol. The van der Waals surface area contributed by atoms with Gasteiger partial charge in [-0.2, -0.15) is 0 Å². The largest absolute Gasteiger partial charge is 0.385 e. The second-order valence-electron chi connectivity index (χ2n) is 5.60. The number of rotatable bonds is 6. The monoisotopic (exact) mass is 277 g/mol. The number of anilines is 1. The van der Waals surface area contributed by atoms with Crippen LogP contribution in [0.1, 0.15) is 39.3 Å². The number of hydrogen-bond acceptors (Lipinski definition) is 4. The van der Waals surface area contributed by atoms with E-state index in [1.54, 1.807) is 0 Å². The van der Waals surface area contributed by atoms with E-state index < -0.39 is 0 Å². The van der Waals surface area contributed by atoms with Crippen LogP contribution in [0.3, 0.4) is 0 Å². The number of aromatic nitrogens is 1. The molecule has 0 bridgehead atoms. The van der Waals surface area contributed by atoms with Crippen LogP contribution in [0.5, 0.6) is 0 Å². The van der Waals surface area contributed by atoms with E-state index >= 15 is 0 Å². The zero-order valence-corrected chi connectivity index (χ0v) is 12.9. The maximum absolute atomic E-state index is 5.75. The zero-order chi connectivity index (χ0) is 14.4. The lowest BCUT2D eigenvalue weighted by molar-refractivity contribution is -0.0595. The quantitative estimate of drug-likeness (QED) is 0.867. The Kier molecular flexibility index (Phi) is 5.80. The molecule has 1 aromatic rings. The molecule has 2 atom stereocenters. The van der Waals surface area contributed by atoms with Gasteiger partial charge >= 0.3 is 0 Å². The summed E-state index contributed by atoms with van der Waals surface area (Å²) in [6.07, 6.45) is 4.48. The summed E-state index contributed by atoms with van der Waals surface area (Å²) < 4.78 is 5.75. The topological polar surface area (TPSA) is 37.4 Å². The van der Waals surface area contributed by atoms with Crippen molar-refractivity contribution < 1.29 is 4.74 Å². The van der Waals surface area contributed by atoms with E-state index in [-0.39, 0.29) is 0 Å². The normalized spacial score (nSPS) is 23.8. The number of nitrogens with one attached hydrogen (secondary N) is 1. The van der Waals surface area contributed by atoms with Gasteiger partial charge in [0.15, 0.2) is 0 Å². The minimum atomic E-state index is 0.319. The van der Waals surface area contributed by atoms with Gasteiger partial charge in [-0.15, -0.1) is 0 Å². The second kappa shape index (κ2) is 7.60. The van der Waals surface area contributed by atoms with E-state index in [2.05, 4.69) is 42.0 Å². The molecule has 2 heterocycles. The van der Waals surface area contributed by atoms with Crippen molar-refractivity contribution in [3.8, 4) is 0 Å². The highest BCUT2D eigenvalue weighted by Crippen LogP contribution is 2.18. The summed E-state index contributed by atoms with van der Waals surface area (Å²) >= 11 is 0. The summed E-state index contributed by atoms with van der Waals surface area (Å²) in [6, 6.07) is 4.72. The Hall–Kier alpha value is -1.13. The Morgan fingerprint density at radius 1 is 1.45 bits per heavy atom. The van der Waals surface area contributed by atoms with E-state index in [0.29, 0.717) is 12.1 Å². The fourth-order valence-corrected chi connectivity index (χ4v) is 2.63. The van der Waals surface area contributed by atoms with Gasteiger partial charge in [-0.1, -0.05) is 13.8 Å². The van der Waals surface area contributed by atoms with Gasteiger partial charge < -0.3 is 10.1 Å². The molecule has 112 valence electrons. The summed E-state index contributed by atoms with van der Waals surface area (Å²) in [5.74, 6) is 0. The molecule has 4 heteroatoms. The van der Waals surface area contributed by atoms with E-state index in [1.807, 2.05) is 12.3 Å². The predicted octanol–water partition coefficient (Wildman–Crippen LogP) is 2.90. The van der Waals surface area contributed by atoms with Crippen molar-refractivity contribution in [3.63, 3.8) is 0 Å². The minimum absolute atomic E-state index is 0.319. The van der Waals surface area contributed by atoms with Crippen LogP contribution in [0.25, 0.3) is 0 Å². The van der Waals surface area contributed by atoms with Crippen LogP contribution in [-0.2, 0) is 11.3 Å². The molecule has 0 aliphatic carbocycles. The molecule has 0 spiro atoms. The van der Waals surface area contributed by atoms with Crippen LogP contribution in [-0.4, -0.2) is 41.7 Å². The van der Waals surface area contributed by atoms with Crippen LogP contribution < -0.4 is 5.32 Å². The van der Waals surface area contributed by atoms with Crippen molar-refractivity contribution in [3.05, 3.63) is 24.0 Å². The van der Waals surface area contributed by atoms with Crippen LogP contribution in [0, 0.1) is 0 Å². The summed E-state index contributed by atoms with van der Waals surface area (Å²) in [4.78, 5) is 7.01. The Balaban J connectivity index is 2.00. The highest BCUT2D eigenvalue weighted by Gasteiger charge is 2.25. The van der Waals surface area contributed by atoms with Crippen molar-refractivity contribution in [1.29, 1.82) is 0 Å². The van der Waals surface area contributed by atoms with Gasteiger partial charge in [0.25, 0.3) is 0 Å². The number of hydrogen-bond donors (Lipinski definition) is 1. The summed E-state index contributed by atoms with van der Waals surface area (Å²) in [5.41, 5.74) is 2.31. The first kappa shape index (κ1) is 15.3. The molecule has 0 saturated carbocycles. The van der Waals surface area contributed by atoms with Crippen molar-refractivity contribution in [1.82, 2.24) is 9.88 Å². The minimum Gasteiger partial charge on any atom is -0.385 e. The molecule has 4 nitrogen and oxygen atoms in total. The molecule has 1 aliphatic rings. The number of ether oxygens (including phenoxy) is 1. The highest BCUT2D eigenvalue weighted by molar-refractivity contribution is 5.43. The fraction of sp³-hybridized carbons (Fsp3) is 0.688. The number of morpholine rings is 1. The molecule has 1 fully saturated rings. The lowest BCUT2D eigenvalue weighted by Gasteiger charge is -2.38. The molecule has 0 aromatic carbocycles. The van der Waals surface area contributed by atoms with E-state index in [0.717, 1.165) is 44.8 Å². The third kappa shape index (κ3) is 4.18. The third-order valence-corrected chi connectivity index (χ3v) is 3.81. The summed E-state index contributed by atoms with van der Waals surface area (Å²) in [5, 5.41) is 3.42. The fourth-order valence-electron chi connectivity index (χ4n) is 2.63. The smallest absolute Gasteiger partial charge is 0.0674 e. The van der Waals surface area contributed by atoms with E-state index in [1.165, 1.54) is 5.69 Å². The number of nitrogens with zero attached hydrogens (tertiary/aromatic N) is 2. The van der Waals surface area contributed by atoms with Crippen molar-refractivity contribution in [2.24, 2.45) is 0 Å². The van der Waals surface area contributed by atoms with E-state index in [4.69, 9.17) is 4.74 Å². The molecule has 2 rings (SSSR count). The first-order valence-electron chi connectivity index (χ1n) is 7.77. The van der Waals surface area contributed by atoms with Crippen molar-refractivity contribution in [2.45, 2.75) is 52.3 Å². The highest BCUT2D eigenvalue weighted by atomic mass is 16.5. The van der Waals surface area contributed by atoms with Crippen molar-refractivity contribution >= 4 is 5.69 Å². The molecule has 2 unspecified atom stereocenters. The van der Waals surface area contributed by atoms with E-state index in [9.17, 15) is 0 Å². The SMILES string of the molecule is CCCNc1ccnc(CN2CC(C)OCC2CC)c1. The van der Waals surface area contributed by atoms with Crippen LogP contribution in [0.2, 0.25) is 0 Å². The Morgan fingerprint density at radius 3 is 3.05 bits per heavy atom. The van der Waals surface area contributed by atoms with Gasteiger partial charge in [0, 0.05) is 37.6 Å². The Labute approximate surface area is 122 Å². The Morgan fingerprint density at radius 2 is 2.30 bits per heavy atom. The molecule has 1 saturated heterocycles. The van der Waals surface area contributed by atoms with Gasteiger partial charge in [0.2, 0.25) is 0 Å². The molecular formula is C16H27N3O. The van der Waals surface area contributed by atoms with Gasteiger partial charge in [-0.25, -0.2) is 0 Å².